The summed E-state index contributed by atoms with van der Waals surface area (Å²) in [5.41, 5.74) is 5.00. The van der Waals surface area contributed by atoms with Crippen LogP contribution in [0.2, 0.25) is 39.3 Å². The monoisotopic (exact) mass is 488 g/mol. The Bertz CT molecular complexity index is 1060. The summed E-state index contributed by atoms with van der Waals surface area (Å²) in [6.45, 7) is 14.5. The molecule has 1 aliphatic carbocycles. The average molecular weight is 489 g/mol. The highest BCUT2D eigenvalue weighted by molar-refractivity contribution is 7.05. The first kappa shape index (κ1) is 26.0. The van der Waals surface area contributed by atoms with Gasteiger partial charge >= 0.3 is 0 Å². The van der Waals surface area contributed by atoms with Crippen molar-refractivity contribution in [2.75, 3.05) is 0 Å². The van der Waals surface area contributed by atoms with Gasteiger partial charge in [0.05, 0.1) is 0 Å². The minimum Gasteiger partial charge on any atom is -0.300 e. The molecule has 0 bridgehead atoms. The van der Waals surface area contributed by atoms with Crippen molar-refractivity contribution < 1.29 is 14.4 Å². The molecular formula is C29H36O3Si2. The van der Waals surface area contributed by atoms with Gasteiger partial charge in [-0.3, -0.25) is 4.79 Å². The molecule has 0 radical (unpaired) electrons. The van der Waals surface area contributed by atoms with Crippen molar-refractivity contribution in [3.05, 3.63) is 81.9 Å². The zero-order valence-corrected chi connectivity index (χ0v) is 23.5. The van der Waals surface area contributed by atoms with Crippen molar-refractivity contribution in [2.24, 2.45) is 5.92 Å². The molecule has 5 heteroatoms. The van der Waals surface area contributed by atoms with Crippen LogP contribution in [0.5, 0.6) is 0 Å². The summed E-state index contributed by atoms with van der Waals surface area (Å²) in [6.07, 6.45) is 5.42. The van der Waals surface area contributed by atoms with E-state index >= 15 is 0 Å². The lowest BCUT2D eigenvalue weighted by molar-refractivity contribution is -0.113. The third-order valence-corrected chi connectivity index (χ3v) is 9.41. The maximum atomic E-state index is 13.3. The van der Waals surface area contributed by atoms with E-state index in [-0.39, 0.29) is 16.6 Å². The van der Waals surface area contributed by atoms with Crippen LogP contribution in [0.4, 0.5) is 0 Å². The fourth-order valence-corrected chi connectivity index (χ4v) is 6.26. The Morgan fingerprint density at radius 1 is 0.676 bits per heavy atom. The van der Waals surface area contributed by atoms with Gasteiger partial charge in [0.15, 0.2) is 5.78 Å². The topological polar surface area (TPSA) is 51.2 Å². The van der Waals surface area contributed by atoms with Gasteiger partial charge in [0, 0.05) is 22.3 Å². The number of rotatable bonds is 6. The van der Waals surface area contributed by atoms with Gasteiger partial charge in [-0.15, -0.1) is 0 Å². The summed E-state index contributed by atoms with van der Waals surface area (Å²) >= 11 is 0. The molecule has 1 aliphatic rings. The maximum Gasteiger partial charge on any atom is 0.185 e. The largest absolute Gasteiger partial charge is 0.300 e. The van der Waals surface area contributed by atoms with Gasteiger partial charge in [-0.05, 0) is 42.0 Å². The van der Waals surface area contributed by atoms with E-state index < -0.39 is 16.1 Å². The van der Waals surface area contributed by atoms with Crippen LogP contribution in [0.3, 0.4) is 0 Å². The predicted molar refractivity (Wildman–Crippen MR) is 148 cm³/mol. The van der Waals surface area contributed by atoms with E-state index in [9.17, 15) is 14.4 Å². The van der Waals surface area contributed by atoms with Gasteiger partial charge in [-0.1, -0.05) is 94.7 Å². The molecule has 2 aromatic rings. The van der Waals surface area contributed by atoms with Gasteiger partial charge in [-0.25, -0.2) is 0 Å². The summed E-state index contributed by atoms with van der Waals surface area (Å²) < 4.78 is 0. The van der Waals surface area contributed by atoms with E-state index in [1.165, 1.54) is 0 Å². The molecule has 3 rings (SSSR count). The van der Waals surface area contributed by atoms with E-state index in [1.807, 2.05) is 60.7 Å². The molecule has 0 amide bonds. The molecule has 0 unspecified atom stereocenters. The van der Waals surface area contributed by atoms with Crippen LogP contribution in [-0.2, 0) is 4.79 Å². The van der Waals surface area contributed by atoms with Gasteiger partial charge in [0.25, 0.3) is 0 Å². The van der Waals surface area contributed by atoms with Crippen LogP contribution in [0.25, 0.3) is 12.2 Å². The number of Topliss-reactive ketones (excluding diaryl/α,β-unsaturated/α-hetero) is 1. The molecule has 2 aromatic carbocycles. The molecule has 0 aliphatic heterocycles. The molecule has 0 saturated heterocycles. The number of hydrogen-bond donors (Lipinski definition) is 0. The Labute approximate surface area is 206 Å². The van der Waals surface area contributed by atoms with E-state index in [2.05, 4.69) is 46.2 Å². The second-order valence-corrected chi connectivity index (χ2v) is 21.5. The van der Waals surface area contributed by atoms with Gasteiger partial charge in [0.2, 0.25) is 0 Å². The smallest absolute Gasteiger partial charge is 0.185 e. The number of allylic oxidation sites excluding steroid dienone is 2. The number of hydrogen-bond acceptors (Lipinski definition) is 3. The van der Waals surface area contributed by atoms with Crippen LogP contribution in [-0.4, -0.2) is 32.7 Å². The lowest BCUT2D eigenvalue weighted by Gasteiger charge is -2.23. The minimum atomic E-state index is -1.88. The zero-order valence-electron chi connectivity index (χ0n) is 21.5. The zero-order chi connectivity index (χ0) is 25.3. The summed E-state index contributed by atoms with van der Waals surface area (Å²) in [7, 11) is -3.76. The molecule has 178 valence electrons. The van der Waals surface area contributed by atoms with E-state index in [0.29, 0.717) is 5.92 Å². The van der Waals surface area contributed by atoms with Crippen LogP contribution < -0.4 is 0 Å². The fraction of sp³-hybridized carbons (Fsp3) is 0.345. The van der Waals surface area contributed by atoms with Crippen molar-refractivity contribution in [3.63, 3.8) is 0 Å². The first-order valence-electron chi connectivity index (χ1n) is 12.0. The Morgan fingerprint density at radius 2 is 1.00 bits per heavy atom. The summed E-state index contributed by atoms with van der Waals surface area (Å²) in [5, 5.41) is 0.494. The van der Waals surface area contributed by atoms with E-state index in [0.717, 1.165) is 46.2 Å². The molecule has 3 nitrogen and oxygen atoms in total. The van der Waals surface area contributed by atoms with Crippen molar-refractivity contribution in [3.8, 4) is 0 Å². The average Bonchev–Trinajstić information content (AvgIpc) is 2.75. The second-order valence-electron chi connectivity index (χ2n) is 11.6. The standard InChI is InChI=1S/C29H36O3Si2/c1-20-16-25(18-21-8-12-23(13-9-21)28(31)33(2,3)4)27(30)26(17-20)19-22-10-14-24(15-11-22)29(32)34(5,6)7/h8-15,18-20H,16-17H2,1-7H3/b25-18+,26-19+. The van der Waals surface area contributed by atoms with Crippen molar-refractivity contribution >= 4 is 44.9 Å². The van der Waals surface area contributed by atoms with Crippen LogP contribution >= 0.6 is 0 Å². The molecule has 0 N–H and O–H groups in total. The molecule has 1 fully saturated rings. The summed E-state index contributed by atoms with van der Waals surface area (Å²) in [5.74, 6) is 0.457. The van der Waals surface area contributed by atoms with Crippen molar-refractivity contribution in [1.29, 1.82) is 0 Å². The minimum absolute atomic E-state index is 0.0857. The lowest BCUT2D eigenvalue weighted by Crippen LogP contribution is -2.33. The van der Waals surface area contributed by atoms with Crippen molar-refractivity contribution in [1.82, 2.24) is 0 Å². The molecule has 0 heterocycles. The van der Waals surface area contributed by atoms with E-state index in [1.54, 1.807) is 0 Å². The highest BCUT2D eigenvalue weighted by Gasteiger charge is 2.27. The van der Waals surface area contributed by atoms with Crippen molar-refractivity contribution in [2.45, 2.75) is 59.0 Å². The van der Waals surface area contributed by atoms with Crippen LogP contribution in [0.1, 0.15) is 51.6 Å². The number of ketones is 1. The lowest BCUT2D eigenvalue weighted by atomic mass is 9.80. The third kappa shape index (κ3) is 6.27. The first-order valence-corrected chi connectivity index (χ1v) is 19.0. The normalized spacial score (nSPS) is 19.5. The molecule has 34 heavy (non-hydrogen) atoms. The fourth-order valence-electron chi connectivity index (χ4n) is 4.19. The number of carbonyl (C=O) groups excluding carboxylic acids is 3. The number of benzene rings is 2. The van der Waals surface area contributed by atoms with Crippen LogP contribution in [0.15, 0.2) is 59.7 Å². The Balaban J connectivity index is 1.83. The van der Waals surface area contributed by atoms with E-state index in [4.69, 9.17) is 0 Å². The first-order chi connectivity index (χ1) is 15.8. The van der Waals surface area contributed by atoms with Gasteiger partial charge in [0.1, 0.15) is 27.0 Å². The third-order valence-electron chi connectivity index (χ3n) is 6.11. The Morgan fingerprint density at radius 3 is 1.29 bits per heavy atom. The predicted octanol–water partition coefficient (Wildman–Crippen LogP) is 7.27. The Hall–Kier alpha value is -2.64. The number of carbonyl (C=O) groups is 3. The second kappa shape index (κ2) is 9.92. The SMILES string of the molecule is CC1C/C(=C\c2ccc(C(=O)[Si](C)(C)C)cc2)C(=O)/C(=C/c2ccc(C(=O)[Si](C)(C)C)cc2)C1. The Kier molecular flexibility index (Phi) is 7.58. The summed E-state index contributed by atoms with van der Waals surface area (Å²) in [6, 6.07) is 15.3. The highest BCUT2D eigenvalue weighted by Crippen LogP contribution is 2.32. The molecule has 0 aromatic heterocycles. The van der Waals surface area contributed by atoms with Crippen LogP contribution in [0, 0.1) is 5.92 Å². The van der Waals surface area contributed by atoms with Gasteiger partial charge in [-0.2, -0.15) is 0 Å². The maximum absolute atomic E-state index is 13.3. The molecule has 0 atom stereocenters. The molecule has 0 spiro atoms. The highest BCUT2D eigenvalue weighted by atomic mass is 28.3. The molecule has 1 saturated carbocycles. The van der Waals surface area contributed by atoms with Gasteiger partial charge < -0.3 is 9.59 Å². The molecular weight excluding hydrogens is 452 g/mol. The quantitative estimate of drug-likeness (QED) is 0.317. The summed E-state index contributed by atoms with van der Waals surface area (Å²) in [4.78, 5) is 38.4.